The number of hydrogen-bond acceptors (Lipinski definition) is 3. The van der Waals surface area contributed by atoms with Gasteiger partial charge in [0.05, 0.1) is 13.0 Å². The quantitative estimate of drug-likeness (QED) is 0.787. The first-order chi connectivity index (χ1) is 7.77. The van der Waals surface area contributed by atoms with Crippen LogP contribution in [0.15, 0.2) is 0 Å². The molecule has 1 N–H and O–H groups in total. The van der Waals surface area contributed by atoms with Gasteiger partial charge in [-0.25, -0.2) is 0 Å². The highest BCUT2D eigenvalue weighted by atomic mass is 16.5. The minimum absolute atomic E-state index is 0.195. The van der Waals surface area contributed by atoms with Crippen LogP contribution in [0.3, 0.4) is 0 Å². The Morgan fingerprint density at radius 3 is 2.69 bits per heavy atom. The molecule has 92 valence electrons. The molecule has 2 aliphatic heterocycles. The van der Waals surface area contributed by atoms with Crippen LogP contribution in [0.5, 0.6) is 0 Å². The van der Waals surface area contributed by atoms with Crippen molar-refractivity contribution in [1.29, 1.82) is 0 Å². The van der Waals surface area contributed by atoms with E-state index in [1.165, 1.54) is 19.3 Å². The van der Waals surface area contributed by atoms with Gasteiger partial charge in [-0.05, 0) is 32.4 Å². The number of rotatable bonds is 4. The largest absolute Gasteiger partial charge is 0.481 e. The van der Waals surface area contributed by atoms with Crippen LogP contribution in [-0.4, -0.2) is 48.3 Å². The number of aliphatic carboxylic acids is 1. The van der Waals surface area contributed by atoms with Gasteiger partial charge < -0.3 is 9.84 Å². The molecule has 0 amide bonds. The number of hydrogen-bond donors (Lipinski definition) is 1. The highest BCUT2D eigenvalue weighted by Crippen LogP contribution is 2.26. The Labute approximate surface area is 96.6 Å². The SMILES string of the molecule is O=C(O)CC(C1CCOC1)N1CCCCC1. The van der Waals surface area contributed by atoms with E-state index in [0.717, 1.165) is 32.7 Å². The van der Waals surface area contributed by atoms with E-state index in [-0.39, 0.29) is 12.5 Å². The Hall–Kier alpha value is -0.610. The van der Waals surface area contributed by atoms with Crippen LogP contribution in [0.1, 0.15) is 32.1 Å². The Kier molecular flexibility index (Phi) is 4.18. The molecule has 0 aliphatic carbocycles. The fourth-order valence-electron chi connectivity index (χ4n) is 2.88. The monoisotopic (exact) mass is 227 g/mol. The van der Waals surface area contributed by atoms with Gasteiger partial charge in [0.2, 0.25) is 0 Å². The zero-order valence-corrected chi connectivity index (χ0v) is 9.73. The van der Waals surface area contributed by atoms with Gasteiger partial charge in [0.25, 0.3) is 0 Å². The topological polar surface area (TPSA) is 49.8 Å². The second-order valence-electron chi connectivity index (χ2n) is 4.89. The van der Waals surface area contributed by atoms with Gasteiger partial charge in [-0.15, -0.1) is 0 Å². The average Bonchev–Trinajstić information content (AvgIpc) is 2.80. The Balaban J connectivity index is 1.96. The lowest BCUT2D eigenvalue weighted by molar-refractivity contribution is -0.139. The minimum Gasteiger partial charge on any atom is -0.481 e. The molecule has 0 aromatic carbocycles. The lowest BCUT2D eigenvalue weighted by Gasteiger charge is -2.36. The van der Waals surface area contributed by atoms with Crippen LogP contribution in [-0.2, 0) is 9.53 Å². The predicted octanol–water partition coefficient (Wildman–Crippen LogP) is 1.35. The van der Waals surface area contributed by atoms with Gasteiger partial charge in [0.15, 0.2) is 0 Å². The van der Waals surface area contributed by atoms with Crippen LogP contribution < -0.4 is 0 Å². The number of ether oxygens (including phenoxy) is 1. The van der Waals surface area contributed by atoms with Crippen molar-refractivity contribution in [3.8, 4) is 0 Å². The molecule has 4 heteroatoms. The Bertz CT molecular complexity index is 232. The van der Waals surface area contributed by atoms with Crippen LogP contribution in [0, 0.1) is 5.92 Å². The van der Waals surface area contributed by atoms with E-state index in [4.69, 9.17) is 9.84 Å². The number of nitrogens with zero attached hydrogens (tertiary/aromatic N) is 1. The molecular weight excluding hydrogens is 206 g/mol. The molecule has 2 aliphatic rings. The maximum Gasteiger partial charge on any atom is 0.304 e. The molecule has 16 heavy (non-hydrogen) atoms. The molecule has 0 radical (unpaired) electrons. The lowest BCUT2D eigenvalue weighted by Crippen LogP contribution is -2.45. The summed E-state index contributed by atoms with van der Waals surface area (Å²) in [6, 6.07) is 0.195. The molecule has 2 atom stereocenters. The van der Waals surface area contributed by atoms with Crippen molar-refractivity contribution in [2.24, 2.45) is 5.92 Å². The van der Waals surface area contributed by atoms with Crippen LogP contribution >= 0.6 is 0 Å². The minimum atomic E-state index is -0.678. The van der Waals surface area contributed by atoms with E-state index >= 15 is 0 Å². The summed E-state index contributed by atoms with van der Waals surface area (Å²) in [4.78, 5) is 13.3. The average molecular weight is 227 g/mol. The first-order valence-electron chi connectivity index (χ1n) is 6.31. The maximum atomic E-state index is 10.9. The summed E-state index contributed by atoms with van der Waals surface area (Å²) in [5.74, 6) is -0.253. The third-order valence-corrected chi connectivity index (χ3v) is 3.75. The van der Waals surface area contributed by atoms with E-state index in [2.05, 4.69) is 4.90 Å². The maximum absolute atomic E-state index is 10.9. The molecule has 0 spiro atoms. The van der Waals surface area contributed by atoms with Gasteiger partial charge in [-0.2, -0.15) is 0 Å². The molecule has 2 rings (SSSR count). The van der Waals surface area contributed by atoms with Crippen LogP contribution in [0.2, 0.25) is 0 Å². The van der Waals surface area contributed by atoms with Crippen molar-refractivity contribution in [3.63, 3.8) is 0 Å². The Morgan fingerprint density at radius 2 is 2.12 bits per heavy atom. The van der Waals surface area contributed by atoms with Crippen LogP contribution in [0.4, 0.5) is 0 Å². The lowest BCUT2D eigenvalue weighted by atomic mass is 9.93. The number of likely N-dealkylation sites (tertiary alicyclic amines) is 1. The number of carbonyl (C=O) groups is 1. The fraction of sp³-hybridized carbons (Fsp3) is 0.917. The van der Waals surface area contributed by atoms with Gasteiger partial charge in [-0.3, -0.25) is 9.69 Å². The molecule has 2 heterocycles. The summed E-state index contributed by atoms with van der Waals surface area (Å²) in [6.45, 7) is 3.67. The smallest absolute Gasteiger partial charge is 0.304 e. The Morgan fingerprint density at radius 1 is 1.38 bits per heavy atom. The zero-order chi connectivity index (χ0) is 11.4. The molecule has 0 saturated carbocycles. The van der Waals surface area contributed by atoms with Gasteiger partial charge >= 0.3 is 5.97 Å². The molecule has 0 aromatic heterocycles. The van der Waals surface area contributed by atoms with Crippen molar-refractivity contribution in [2.45, 2.75) is 38.1 Å². The van der Waals surface area contributed by atoms with E-state index in [1.54, 1.807) is 0 Å². The van der Waals surface area contributed by atoms with Crippen LogP contribution in [0.25, 0.3) is 0 Å². The van der Waals surface area contributed by atoms with E-state index in [1.807, 2.05) is 0 Å². The molecule has 0 aromatic rings. The van der Waals surface area contributed by atoms with Gasteiger partial charge in [0, 0.05) is 18.6 Å². The first-order valence-corrected chi connectivity index (χ1v) is 6.31. The number of carboxylic acids is 1. The molecule has 2 unspecified atom stereocenters. The van der Waals surface area contributed by atoms with E-state index in [0.29, 0.717) is 5.92 Å². The molecule has 2 saturated heterocycles. The standard InChI is InChI=1S/C12H21NO3/c14-12(15)8-11(10-4-7-16-9-10)13-5-2-1-3-6-13/h10-11H,1-9H2,(H,14,15). The second-order valence-corrected chi connectivity index (χ2v) is 4.89. The summed E-state index contributed by atoms with van der Waals surface area (Å²) < 4.78 is 5.39. The summed E-state index contributed by atoms with van der Waals surface area (Å²) in [7, 11) is 0. The van der Waals surface area contributed by atoms with Gasteiger partial charge in [-0.1, -0.05) is 6.42 Å². The van der Waals surface area contributed by atoms with Crippen molar-refractivity contribution < 1.29 is 14.6 Å². The summed E-state index contributed by atoms with van der Waals surface area (Å²) >= 11 is 0. The fourth-order valence-corrected chi connectivity index (χ4v) is 2.88. The van der Waals surface area contributed by atoms with E-state index in [9.17, 15) is 4.79 Å². The summed E-state index contributed by atoms with van der Waals surface area (Å²) in [6.07, 6.45) is 5.01. The third-order valence-electron chi connectivity index (χ3n) is 3.75. The molecular formula is C12H21NO3. The van der Waals surface area contributed by atoms with Crippen molar-refractivity contribution >= 4 is 5.97 Å². The summed E-state index contributed by atoms with van der Waals surface area (Å²) in [5, 5.41) is 9.01. The highest BCUT2D eigenvalue weighted by molar-refractivity contribution is 5.67. The zero-order valence-electron chi connectivity index (χ0n) is 9.73. The number of carboxylic acid groups (broad SMARTS) is 1. The molecule has 4 nitrogen and oxygen atoms in total. The van der Waals surface area contributed by atoms with Crippen molar-refractivity contribution in [3.05, 3.63) is 0 Å². The summed E-state index contributed by atoms with van der Waals surface area (Å²) in [5.41, 5.74) is 0. The predicted molar refractivity (Wildman–Crippen MR) is 60.4 cm³/mol. The normalized spacial score (nSPS) is 29.1. The van der Waals surface area contributed by atoms with Crippen molar-refractivity contribution in [1.82, 2.24) is 4.90 Å². The van der Waals surface area contributed by atoms with E-state index < -0.39 is 5.97 Å². The third kappa shape index (κ3) is 2.95. The van der Waals surface area contributed by atoms with Crippen molar-refractivity contribution in [2.75, 3.05) is 26.3 Å². The second kappa shape index (κ2) is 5.64. The molecule has 2 fully saturated rings. The number of piperidine rings is 1. The molecule has 0 bridgehead atoms. The highest BCUT2D eigenvalue weighted by Gasteiger charge is 2.32. The van der Waals surface area contributed by atoms with Gasteiger partial charge in [0.1, 0.15) is 0 Å². The first kappa shape index (κ1) is 11.9.